The van der Waals surface area contributed by atoms with Crippen molar-refractivity contribution in [2.24, 2.45) is 5.92 Å². The van der Waals surface area contributed by atoms with E-state index in [0.717, 1.165) is 0 Å². The highest BCUT2D eigenvalue weighted by Gasteiger charge is 2.39. The monoisotopic (exact) mass is 218 g/mol. The zero-order valence-electron chi connectivity index (χ0n) is 8.72. The van der Waals surface area contributed by atoms with Crippen molar-refractivity contribution in [3.63, 3.8) is 0 Å². The van der Waals surface area contributed by atoms with Gasteiger partial charge in [0.1, 0.15) is 0 Å². The number of ether oxygens (including phenoxy) is 1. The van der Waals surface area contributed by atoms with Gasteiger partial charge < -0.3 is 4.74 Å². The van der Waals surface area contributed by atoms with Gasteiger partial charge in [-0.25, -0.2) is 0 Å². The van der Waals surface area contributed by atoms with Crippen LogP contribution >= 0.6 is 11.8 Å². The third-order valence-corrected chi connectivity index (χ3v) is 4.24. The summed E-state index contributed by atoms with van der Waals surface area (Å²) in [5.74, 6) is 0.704. The van der Waals surface area contributed by atoms with Gasteiger partial charge in [0.25, 0.3) is 0 Å². The van der Waals surface area contributed by atoms with Crippen molar-refractivity contribution < 1.29 is 4.74 Å². The molecule has 0 unspecified atom stereocenters. The van der Waals surface area contributed by atoms with Crippen LogP contribution in [-0.4, -0.2) is 12.2 Å². The highest BCUT2D eigenvalue weighted by atomic mass is 32.2. The lowest BCUT2D eigenvalue weighted by Crippen LogP contribution is -2.09. The topological polar surface area (TPSA) is 9.23 Å². The number of thioether (sulfide) groups is 1. The second-order valence-electron chi connectivity index (χ2n) is 4.29. The molecule has 0 saturated carbocycles. The Balaban J connectivity index is 1.76. The van der Waals surface area contributed by atoms with E-state index < -0.39 is 0 Å². The van der Waals surface area contributed by atoms with Crippen LogP contribution in [0.4, 0.5) is 0 Å². The third kappa shape index (κ3) is 1.72. The molecule has 3 rings (SSSR count). The average Bonchev–Trinajstić information content (AvgIpc) is 2.78. The quantitative estimate of drug-likeness (QED) is 0.751. The fourth-order valence-corrected chi connectivity index (χ4v) is 3.28. The number of benzene rings is 1. The van der Waals surface area contributed by atoms with Crippen molar-refractivity contribution >= 4 is 11.8 Å². The normalized spacial score (nSPS) is 33.1. The summed E-state index contributed by atoms with van der Waals surface area (Å²) in [5, 5.41) is 0. The van der Waals surface area contributed by atoms with E-state index in [1.54, 1.807) is 0 Å². The van der Waals surface area contributed by atoms with E-state index in [2.05, 4.69) is 43.3 Å². The molecule has 1 saturated heterocycles. The lowest BCUT2D eigenvalue weighted by atomic mass is 9.96. The van der Waals surface area contributed by atoms with E-state index >= 15 is 0 Å². The number of fused-ring (bicyclic) bond motifs is 2. The summed E-state index contributed by atoms with van der Waals surface area (Å²) in [7, 11) is 0. The van der Waals surface area contributed by atoms with Crippen LogP contribution in [0.2, 0.25) is 0 Å². The lowest BCUT2D eigenvalue weighted by molar-refractivity contribution is 0.110. The lowest BCUT2D eigenvalue weighted by Gasteiger charge is -2.13. The van der Waals surface area contributed by atoms with Crippen LogP contribution in [-0.2, 0) is 4.74 Å². The van der Waals surface area contributed by atoms with Crippen LogP contribution in [0.25, 0.3) is 0 Å². The van der Waals surface area contributed by atoms with Gasteiger partial charge in [0.15, 0.2) is 0 Å². The Morgan fingerprint density at radius 1 is 1.27 bits per heavy atom. The van der Waals surface area contributed by atoms with Crippen molar-refractivity contribution in [2.45, 2.75) is 30.4 Å². The van der Waals surface area contributed by atoms with E-state index in [0.29, 0.717) is 18.1 Å². The van der Waals surface area contributed by atoms with E-state index in [1.807, 2.05) is 11.8 Å². The molecule has 2 aliphatic heterocycles. The molecule has 2 aliphatic rings. The van der Waals surface area contributed by atoms with Gasteiger partial charge in [0.05, 0.1) is 12.2 Å². The van der Waals surface area contributed by atoms with Crippen molar-refractivity contribution in [1.82, 2.24) is 0 Å². The largest absolute Gasteiger partial charge is 0.365 e. The van der Waals surface area contributed by atoms with Gasteiger partial charge in [-0.05, 0) is 30.5 Å². The van der Waals surface area contributed by atoms with E-state index in [9.17, 15) is 0 Å². The Bertz CT molecular complexity index is 385. The molecule has 2 heterocycles. The molecule has 3 atom stereocenters. The molecule has 2 bridgehead atoms. The first-order valence-corrected chi connectivity index (χ1v) is 6.24. The van der Waals surface area contributed by atoms with Gasteiger partial charge in [-0.1, -0.05) is 36.9 Å². The maximum Gasteiger partial charge on any atom is 0.0896 e. The molecular formula is C13H14OS. The number of hydrogen-bond acceptors (Lipinski definition) is 2. The third-order valence-electron chi connectivity index (χ3n) is 3.09. The Labute approximate surface area is 94.5 Å². The minimum absolute atomic E-state index is 0.371. The van der Waals surface area contributed by atoms with Crippen molar-refractivity contribution in [1.29, 1.82) is 0 Å². The first kappa shape index (κ1) is 9.49. The molecule has 0 aromatic heterocycles. The molecule has 0 amide bonds. The molecule has 1 aromatic carbocycles. The van der Waals surface area contributed by atoms with Crippen LogP contribution in [0.3, 0.4) is 0 Å². The van der Waals surface area contributed by atoms with Crippen LogP contribution in [0.1, 0.15) is 13.3 Å². The molecule has 1 nitrogen and oxygen atoms in total. The maximum absolute atomic E-state index is 5.86. The summed E-state index contributed by atoms with van der Waals surface area (Å²) in [4.78, 5) is 2.72. The van der Waals surface area contributed by atoms with Crippen molar-refractivity contribution in [3.05, 3.63) is 41.3 Å². The van der Waals surface area contributed by atoms with Crippen LogP contribution < -0.4 is 0 Å². The highest BCUT2D eigenvalue weighted by Crippen LogP contribution is 2.44. The smallest absolute Gasteiger partial charge is 0.0896 e. The molecule has 1 fully saturated rings. The van der Waals surface area contributed by atoms with Crippen LogP contribution in [0, 0.1) is 5.92 Å². The van der Waals surface area contributed by atoms with E-state index in [-0.39, 0.29) is 0 Å². The number of rotatable bonds is 2. The summed E-state index contributed by atoms with van der Waals surface area (Å²) in [6.45, 7) is 2.27. The van der Waals surface area contributed by atoms with Gasteiger partial charge >= 0.3 is 0 Å². The summed E-state index contributed by atoms with van der Waals surface area (Å²) >= 11 is 1.85. The van der Waals surface area contributed by atoms with Crippen LogP contribution in [0.5, 0.6) is 0 Å². The fraction of sp³-hybridized carbons (Fsp3) is 0.385. The highest BCUT2D eigenvalue weighted by molar-refractivity contribution is 8.03. The first-order valence-electron chi connectivity index (χ1n) is 5.43. The van der Waals surface area contributed by atoms with E-state index in [1.165, 1.54) is 16.2 Å². The Morgan fingerprint density at radius 2 is 2.07 bits per heavy atom. The molecule has 78 valence electrons. The van der Waals surface area contributed by atoms with Gasteiger partial charge in [0.2, 0.25) is 0 Å². The standard InChI is InChI=1S/C13H14OS/c1-9-7-12-13(8-11(9)14-12)15-10-5-3-2-4-6-10/h2-6,8-9,11-12H,7H2,1H3/t9-,11-,12-/m0/s1. The second-order valence-corrected chi connectivity index (χ2v) is 5.43. The molecule has 2 heteroatoms. The molecule has 0 aliphatic carbocycles. The minimum Gasteiger partial charge on any atom is -0.365 e. The summed E-state index contributed by atoms with van der Waals surface area (Å²) in [6, 6.07) is 10.5. The zero-order valence-corrected chi connectivity index (χ0v) is 9.54. The molecular weight excluding hydrogens is 204 g/mol. The van der Waals surface area contributed by atoms with Gasteiger partial charge in [-0.3, -0.25) is 0 Å². The Hall–Kier alpha value is -0.730. The Morgan fingerprint density at radius 3 is 2.67 bits per heavy atom. The predicted octanol–water partition coefficient (Wildman–Crippen LogP) is 3.47. The SMILES string of the molecule is C[C@H]1C[C@@H]2O[C@H]1C=C2Sc1ccccc1. The maximum atomic E-state index is 5.86. The average molecular weight is 218 g/mol. The minimum atomic E-state index is 0.371. The molecule has 1 aromatic rings. The summed E-state index contributed by atoms with van der Waals surface area (Å²) < 4.78 is 5.86. The van der Waals surface area contributed by atoms with E-state index in [4.69, 9.17) is 4.74 Å². The number of hydrogen-bond donors (Lipinski definition) is 0. The fourth-order valence-electron chi connectivity index (χ4n) is 2.23. The molecule has 0 N–H and O–H groups in total. The van der Waals surface area contributed by atoms with Gasteiger partial charge in [-0.2, -0.15) is 0 Å². The van der Waals surface area contributed by atoms with Crippen molar-refractivity contribution in [3.8, 4) is 0 Å². The molecule has 15 heavy (non-hydrogen) atoms. The van der Waals surface area contributed by atoms with Gasteiger partial charge in [0, 0.05) is 9.80 Å². The zero-order chi connectivity index (χ0) is 10.3. The predicted molar refractivity (Wildman–Crippen MR) is 62.8 cm³/mol. The first-order chi connectivity index (χ1) is 7.33. The Kier molecular flexibility index (Phi) is 2.33. The molecule has 0 radical (unpaired) electrons. The van der Waals surface area contributed by atoms with Gasteiger partial charge in [-0.15, -0.1) is 0 Å². The van der Waals surface area contributed by atoms with Crippen molar-refractivity contribution in [2.75, 3.05) is 0 Å². The summed E-state index contributed by atoms with van der Waals surface area (Å²) in [5.41, 5.74) is 0. The second kappa shape index (κ2) is 3.69. The molecule has 0 spiro atoms. The summed E-state index contributed by atoms with van der Waals surface area (Å²) in [6.07, 6.45) is 4.24. The van der Waals surface area contributed by atoms with Crippen LogP contribution in [0.15, 0.2) is 46.2 Å².